The van der Waals surface area contributed by atoms with Crippen LogP contribution < -0.4 is 5.73 Å². The Morgan fingerprint density at radius 3 is 2.53 bits per heavy atom. The molecule has 0 bridgehead atoms. The Labute approximate surface area is 93.5 Å². The zero-order valence-electron chi connectivity index (χ0n) is 9.97. The Hall–Kier alpha value is -0.340. The molecule has 15 heavy (non-hydrogen) atoms. The number of likely N-dealkylation sites (tertiary alicyclic amines) is 1. The van der Waals surface area contributed by atoms with Crippen LogP contribution in [-0.4, -0.2) is 30.6 Å². The van der Waals surface area contributed by atoms with Crippen LogP contribution in [0.3, 0.4) is 0 Å². The summed E-state index contributed by atoms with van der Waals surface area (Å²) in [5, 5.41) is 0. The van der Waals surface area contributed by atoms with E-state index in [2.05, 4.69) is 11.8 Å². The van der Waals surface area contributed by atoms with Crippen molar-refractivity contribution in [3.05, 3.63) is 11.1 Å². The first kappa shape index (κ1) is 11.2. The van der Waals surface area contributed by atoms with Gasteiger partial charge >= 0.3 is 0 Å². The summed E-state index contributed by atoms with van der Waals surface area (Å²) in [4.78, 5) is 2.59. The normalized spacial score (nSPS) is 26.0. The van der Waals surface area contributed by atoms with Crippen molar-refractivity contribution in [2.24, 2.45) is 5.73 Å². The monoisotopic (exact) mass is 208 g/mol. The highest BCUT2D eigenvalue weighted by atomic mass is 15.1. The van der Waals surface area contributed by atoms with Crippen LogP contribution >= 0.6 is 0 Å². The van der Waals surface area contributed by atoms with E-state index in [1.807, 2.05) is 0 Å². The van der Waals surface area contributed by atoms with Crippen LogP contribution in [-0.2, 0) is 0 Å². The van der Waals surface area contributed by atoms with Crippen molar-refractivity contribution < 1.29 is 0 Å². The molecule has 0 aromatic heterocycles. The van der Waals surface area contributed by atoms with Crippen LogP contribution in [0.4, 0.5) is 0 Å². The number of rotatable bonds is 2. The fourth-order valence-corrected chi connectivity index (χ4v) is 2.71. The van der Waals surface area contributed by atoms with Crippen LogP contribution in [0.2, 0.25) is 0 Å². The van der Waals surface area contributed by atoms with E-state index in [4.69, 9.17) is 5.73 Å². The Kier molecular flexibility index (Phi) is 3.81. The van der Waals surface area contributed by atoms with Gasteiger partial charge in [0.2, 0.25) is 0 Å². The average molecular weight is 208 g/mol. The van der Waals surface area contributed by atoms with Crippen LogP contribution in [0.5, 0.6) is 0 Å². The number of hydrogen-bond acceptors (Lipinski definition) is 2. The van der Waals surface area contributed by atoms with Gasteiger partial charge in [0.15, 0.2) is 0 Å². The molecule has 1 aliphatic carbocycles. The van der Waals surface area contributed by atoms with Crippen molar-refractivity contribution in [1.29, 1.82) is 0 Å². The van der Waals surface area contributed by atoms with Gasteiger partial charge in [-0.2, -0.15) is 0 Å². The van der Waals surface area contributed by atoms with Gasteiger partial charge < -0.3 is 5.73 Å². The fourth-order valence-electron chi connectivity index (χ4n) is 2.71. The second kappa shape index (κ2) is 5.13. The molecular weight excluding hydrogens is 184 g/mol. The van der Waals surface area contributed by atoms with Crippen LogP contribution in [0.25, 0.3) is 0 Å². The lowest BCUT2D eigenvalue weighted by Crippen LogP contribution is -2.40. The minimum atomic E-state index is 0.461. The largest absolute Gasteiger partial charge is 0.328 e. The molecule has 0 aromatic carbocycles. The maximum atomic E-state index is 5.92. The number of allylic oxidation sites excluding steroid dienone is 1. The molecule has 0 spiro atoms. The first-order valence-electron chi connectivity index (χ1n) is 6.41. The molecule has 1 aliphatic heterocycles. The topological polar surface area (TPSA) is 29.3 Å². The fraction of sp³-hybridized carbons (Fsp3) is 0.846. The van der Waals surface area contributed by atoms with Gasteiger partial charge in [0.25, 0.3) is 0 Å². The molecule has 0 atom stereocenters. The van der Waals surface area contributed by atoms with E-state index in [9.17, 15) is 0 Å². The van der Waals surface area contributed by atoms with Gasteiger partial charge in [-0.1, -0.05) is 11.1 Å². The van der Waals surface area contributed by atoms with Crippen molar-refractivity contribution >= 4 is 0 Å². The Morgan fingerprint density at radius 2 is 1.87 bits per heavy atom. The van der Waals surface area contributed by atoms with Crippen LogP contribution in [0.15, 0.2) is 11.1 Å². The van der Waals surface area contributed by atoms with Gasteiger partial charge in [-0.3, -0.25) is 4.90 Å². The molecule has 0 saturated carbocycles. The lowest BCUT2D eigenvalue weighted by molar-refractivity contribution is 0.226. The van der Waals surface area contributed by atoms with Gasteiger partial charge in [0, 0.05) is 12.6 Å². The van der Waals surface area contributed by atoms with Crippen molar-refractivity contribution in [2.75, 3.05) is 19.6 Å². The quantitative estimate of drug-likeness (QED) is 0.706. The van der Waals surface area contributed by atoms with Crippen molar-refractivity contribution in [1.82, 2.24) is 4.90 Å². The van der Waals surface area contributed by atoms with Gasteiger partial charge in [-0.15, -0.1) is 0 Å². The summed E-state index contributed by atoms with van der Waals surface area (Å²) < 4.78 is 0. The summed E-state index contributed by atoms with van der Waals surface area (Å²) in [6.45, 7) is 5.96. The molecule has 2 nitrogen and oxygen atoms in total. The molecule has 1 saturated heterocycles. The lowest BCUT2D eigenvalue weighted by Gasteiger charge is -2.32. The molecule has 0 aromatic rings. The Balaban J connectivity index is 1.86. The molecule has 1 fully saturated rings. The maximum absolute atomic E-state index is 5.92. The molecular formula is C13H24N2. The standard InChI is InChI=1S/C13H24N2/c1-11-4-2-3-5-12(11)10-15-8-6-13(14)7-9-15/h13H,2-10,14H2,1H3. The molecule has 0 radical (unpaired) electrons. The smallest absolute Gasteiger partial charge is 0.0195 e. The summed E-state index contributed by atoms with van der Waals surface area (Å²) in [6, 6.07) is 0.461. The summed E-state index contributed by atoms with van der Waals surface area (Å²) >= 11 is 0. The van der Waals surface area contributed by atoms with Gasteiger partial charge in [0.1, 0.15) is 0 Å². The van der Waals surface area contributed by atoms with E-state index < -0.39 is 0 Å². The first-order valence-corrected chi connectivity index (χ1v) is 6.41. The van der Waals surface area contributed by atoms with Gasteiger partial charge in [0.05, 0.1) is 0 Å². The highest BCUT2D eigenvalue weighted by molar-refractivity contribution is 5.16. The molecule has 2 N–H and O–H groups in total. The maximum Gasteiger partial charge on any atom is 0.0195 e. The highest BCUT2D eigenvalue weighted by Crippen LogP contribution is 2.25. The first-order chi connectivity index (χ1) is 7.25. The summed E-state index contributed by atoms with van der Waals surface area (Å²) in [6.07, 6.45) is 7.86. The van der Waals surface area contributed by atoms with E-state index >= 15 is 0 Å². The second-order valence-electron chi connectivity index (χ2n) is 5.20. The Morgan fingerprint density at radius 1 is 1.20 bits per heavy atom. The van der Waals surface area contributed by atoms with E-state index in [1.54, 1.807) is 11.1 Å². The third-order valence-electron chi connectivity index (χ3n) is 3.93. The van der Waals surface area contributed by atoms with Crippen molar-refractivity contribution in [3.63, 3.8) is 0 Å². The number of piperidine rings is 1. The van der Waals surface area contributed by atoms with E-state index in [1.165, 1.54) is 58.2 Å². The SMILES string of the molecule is CC1=C(CN2CCC(N)CC2)CCCC1. The zero-order valence-corrected chi connectivity index (χ0v) is 9.97. The summed E-state index contributed by atoms with van der Waals surface area (Å²) in [7, 11) is 0. The molecule has 0 amide bonds. The highest BCUT2D eigenvalue weighted by Gasteiger charge is 2.18. The molecule has 0 unspecified atom stereocenters. The molecule has 2 heteroatoms. The van der Waals surface area contributed by atoms with E-state index in [0.717, 1.165) is 0 Å². The minimum Gasteiger partial charge on any atom is -0.328 e. The van der Waals surface area contributed by atoms with Crippen LogP contribution in [0, 0.1) is 0 Å². The molecule has 1 heterocycles. The number of nitrogens with zero attached hydrogens (tertiary/aromatic N) is 1. The van der Waals surface area contributed by atoms with Gasteiger partial charge in [-0.25, -0.2) is 0 Å². The zero-order chi connectivity index (χ0) is 10.7. The van der Waals surface area contributed by atoms with Crippen molar-refractivity contribution in [3.8, 4) is 0 Å². The molecule has 2 aliphatic rings. The lowest BCUT2D eigenvalue weighted by atomic mass is 9.92. The van der Waals surface area contributed by atoms with Crippen molar-refractivity contribution in [2.45, 2.75) is 51.5 Å². The second-order valence-corrected chi connectivity index (χ2v) is 5.20. The van der Waals surface area contributed by atoms with Crippen LogP contribution in [0.1, 0.15) is 45.4 Å². The van der Waals surface area contributed by atoms with Gasteiger partial charge in [-0.05, 0) is 58.5 Å². The number of hydrogen-bond donors (Lipinski definition) is 1. The third kappa shape index (κ3) is 3.05. The summed E-state index contributed by atoms with van der Waals surface area (Å²) in [5.41, 5.74) is 9.30. The predicted octanol–water partition coefficient (Wildman–Crippen LogP) is 2.30. The predicted molar refractivity (Wildman–Crippen MR) is 64.8 cm³/mol. The van der Waals surface area contributed by atoms with E-state index in [-0.39, 0.29) is 0 Å². The molecule has 2 rings (SSSR count). The average Bonchev–Trinajstić information content (AvgIpc) is 2.25. The van der Waals surface area contributed by atoms with E-state index in [0.29, 0.717) is 6.04 Å². The Bertz CT molecular complexity index is 237. The summed E-state index contributed by atoms with van der Waals surface area (Å²) in [5.74, 6) is 0. The molecule has 86 valence electrons. The number of nitrogens with two attached hydrogens (primary N) is 1. The minimum absolute atomic E-state index is 0.461. The third-order valence-corrected chi connectivity index (χ3v) is 3.93.